The molecule has 0 aliphatic carbocycles. The maximum atomic E-state index is 6.58. The molecule has 7 aromatic carbocycles. The number of furan rings is 1. The Morgan fingerprint density at radius 3 is 2.22 bits per heavy atom. The molecule has 0 bridgehead atoms. The number of hydrogen-bond donors (Lipinski definition) is 1. The highest BCUT2D eigenvalue weighted by Gasteiger charge is 2.23. The third-order valence-corrected chi connectivity index (χ3v) is 10.2. The standard InChI is InChI=1S/C48H38N2O/c1-2-33(34-12-5-3-6-13-34)17-11-29-50(40-23-19-36(20-24-40)35-14-7-4-8-15-35)41-25-27-42-37(30-41)21-26-43-44-31-39(22-28-47(44)51-48(42)43)46-32-38-16-9-10-18-45(38)49-46/h2-28,30-31,46,49H,29,32H2,1H3/b17-11-,33-2+. The average molecular weight is 659 g/mol. The third kappa shape index (κ3) is 5.87. The highest BCUT2D eigenvalue weighted by Crippen LogP contribution is 2.40. The van der Waals surface area contributed by atoms with Crippen molar-refractivity contribution in [2.24, 2.45) is 0 Å². The van der Waals surface area contributed by atoms with Crippen LogP contribution in [0.4, 0.5) is 17.1 Å². The minimum atomic E-state index is 0.262. The van der Waals surface area contributed by atoms with Gasteiger partial charge in [0.15, 0.2) is 0 Å². The Kier molecular flexibility index (Phi) is 7.94. The fourth-order valence-electron chi connectivity index (χ4n) is 7.55. The van der Waals surface area contributed by atoms with Crippen molar-refractivity contribution in [1.29, 1.82) is 0 Å². The van der Waals surface area contributed by atoms with Crippen LogP contribution >= 0.6 is 0 Å². The van der Waals surface area contributed by atoms with Crippen LogP contribution in [0.1, 0.15) is 29.7 Å². The van der Waals surface area contributed by atoms with E-state index in [0.717, 1.165) is 57.1 Å². The Bertz CT molecular complexity index is 2540. The molecule has 0 saturated heterocycles. The molecule has 3 heteroatoms. The molecule has 3 nitrogen and oxygen atoms in total. The zero-order valence-corrected chi connectivity index (χ0v) is 28.6. The fraction of sp³-hybridized carbons (Fsp3) is 0.0833. The maximum Gasteiger partial charge on any atom is 0.143 e. The summed E-state index contributed by atoms with van der Waals surface area (Å²) in [6, 6.07) is 56.7. The van der Waals surface area contributed by atoms with Gasteiger partial charge in [-0.25, -0.2) is 0 Å². The molecule has 0 radical (unpaired) electrons. The number of allylic oxidation sites excluding steroid dienone is 3. The maximum absolute atomic E-state index is 6.58. The average Bonchev–Trinajstić information content (AvgIpc) is 3.80. The van der Waals surface area contributed by atoms with Gasteiger partial charge in [-0.3, -0.25) is 0 Å². The molecule has 2 heterocycles. The minimum Gasteiger partial charge on any atom is -0.455 e. The second kappa shape index (κ2) is 13.2. The van der Waals surface area contributed by atoms with Gasteiger partial charge in [-0.05, 0) is 107 Å². The van der Waals surface area contributed by atoms with Crippen LogP contribution < -0.4 is 10.2 Å². The molecule has 246 valence electrons. The molecule has 1 aromatic heterocycles. The van der Waals surface area contributed by atoms with Gasteiger partial charge in [0.25, 0.3) is 0 Å². The Morgan fingerprint density at radius 1 is 0.686 bits per heavy atom. The summed E-state index contributed by atoms with van der Waals surface area (Å²) >= 11 is 0. The first-order valence-corrected chi connectivity index (χ1v) is 17.8. The smallest absolute Gasteiger partial charge is 0.143 e. The molecule has 9 rings (SSSR count). The van der Waals surface area contributed by atoms with Crippen molar-refractivity contribution in [2.75, 3.05) is 16.8 Å². The van der Waals surface area contributed by atoms with Crippen LogP contribution in [0.25, 0.3) is 49.4 Å². The van der Waals surface area contributed by atoms with Crippen LogP contribution in [0.2, 0.25) is 0 Å². The van der Waals surface area contributed by atoms with Gasteiger partial charge in [-0.1, -0.05) is 121 Å². The Balaban J connectivity index is 1.07. The van der Waals surface area contributed by atoms with Gasteiger partial charge < -0.3 is 14.6 Å². The van der Waals surface area contributed by atoms with Crippen molar-refractivity contribution in [2.45, 2.75) is 19.4 Å². The summed E-state index contributed by atoms with van der Waals surface area (Å²) in [7, 11) is 0. The minimum absolute atomic E-state index is 0.262. The molecule has 0 spiro atoms. The summed E-state index contributed by atoms with van der Waals surface area (Å²) in [5, 5.41) is 8.30. The van der Waals surface area contributed by atoms with E-state index in [2.05, 4.69) is 193 Å². The quantitative estimate of drug-likeness (QED) is 0.165. The molecule has 8 aromatic rings. The van der Waals surface area contributed by atoms with Crippen LogP contribution in [0, 0.1) is 0 Å². The van der Waals surface area contributed by atoms with E-state index in [9.17, 15) is 0 Å². The molecule has 0 amide bonds. The van der Waals surface area contributed by atoms with Crippen molar-refractivity contribution in [3.8, 4) is 11.1 Å². The fourth-order valence-corrected chi connectivity index (χ4v) is 7.55. The van der Waals surface area contributed by atoms with Crippen molar-refractivity contribution < 1.29 is 4.42 Å². The van der Waals surface area contributed by atoms with Crippen molar-refractivity contribution in [3.63, 3.8) is 0 Å². The molecule has 1 atom stereocenters. The van der Waals surface area contributed by atoms with E-state index >= 15 is 0 Å². The van der Waals surface area contributed by atoms with Crippen molar-refractivity contribution in [3.05, 3.63) is 193 Å². The first kappa shape index (κ1) is 30.7. The number of hydrogen-bond acceptors (Lipinski definition) is 3. The lowest BCUT2D eigenvalue weighted by Crippen LogP contribution is -2.16. The third-order valence-electron chi connectivity index (χ3n) is 10.2. The molecule has 1 aliphatic rings. The Morgan fingerprint density at radius 2 is 1.41 bits per heavy atom. The van der Waals surface area contributed by atoms with Gasteiger partial charge in [0.1, 0.15) is 11.2 Å². The first-order valence-electron chi connectivity index (χ1n) is 17.8. The SMILES string of the molecule is C/C=C(\C=C/CN(c1ccc(-c2ccccc2)cc1)c1ccc2c(ccc3c4cc(C5Cc6ccccc6N5)ccc4oc23)c1)c1ccccc1. The number of nitrogens with one attached hydrogen (secondary N) is 1. The van der Waals surface area contributed by atoms with Crippen LogP contribution in [0.15, 0.2) is 180 Å². The van der Waals surface area contributed by atoms with Gasteiger partial charge in [0.05, 0.1) is 6.04 Å². The molecule has 51 heavy (non-hydrogen) atoms. The monoisotopic (exact) mass is 658 g/mol. The normalized spacial score (nSPS) is 14.4. The number of fused-ring (bicyclic) bond motifs is 6. The number of rotatable bonds is 8. The molecular weight excluding hydrogens is 621 g/mol. The van der Waals surface area contributed by atoms with E-state index in [0.29, 0.717) is 0 Å². The lowest BCUT2D eigenvalue weighted by molar-refractivity contribution is 0.672. The largest absolute Gasteiger partial charge is 0.455 e. The topological polar surface area (TPSA) is 28.4 Å². The number of anilines is 3. The van der Waals surface area contributed by atoms with Gasteiger partial charge in [-0.15, -0.1) is 0 Å². The van der Waals surface area contributed by atoms with Gasteiger partial charge in [0, 0.05) is 39.8 Å². The lowest BCUT2D eigenvalue weighted by Gasteiger charge is -2.24. The summed E-state index contributed by atoms with van der Waals surface area (Å²) in [6.07, 6.45) is 7.65. The summed E-state index contributed by atoms with van der Waals surface area (Å²) in [5.41, 5.74) is 12.9. The van der Waals surface area contributed by atoms with Crippen LogP contribution in [0.3, 0.4) is 0 Å². The van der Waals surface area contributed by atoms with Gasteiger partial charge in [-0.2, -0.15) is 0 Å². The van der Waals surface area contributed by atoms with Gasteiger partial charge >= 0.3 is 0 Å². The van der Waals surface area contributed by atoms with Crippen LogP contribution in [-0.2, 0) is 6.42 Å². The lowest BCUT2D eigenvalue weighted by atomic mass is 9.99. The first-order chi connectivity index (χ1) is 25.2. The zero-order chi connectivity index (χ0) is 34.1. The van der Waals surface area contributed by atoms with E-state index < -0.39 is 0 Å². The molecule has 1 N–H and O–H groups in total. The van der Waals surface area contributed by atoms with E-state index in [4.69, 9.17) is 4.42 Å². The van der Waals surface area contributed by atoms with Crippen molar-refractivity contribution in [1.82, 2.24) is 0 Å². The predicted octanol–water partition coefficient (Wildman–Crippen LogP) is 12.9. The van der Waals surface area contributed by atoms with E-state index in [1.165, 1.54) is 39.1 Å². The number of para-hydroxylation sites is 1. The second-order valence-corrected chi connectivity index (χ2v) is 13.3. The Labute approximate surface area is 298 Å². The molecular formula is C48H38N2O. The zero-order valence-electron chi connectivity index (χ0n) is 28.6. The Hall–Kier alpha value is -6.32. The predicted molar refractivity (Wildman–Crippen MR) is 216 cm³/mol. The number of nitrogens with zero attached hydrogens (tertiary/aromatic N) is 1. The van der Waals surface area contributed by atoms with Crippen molar-refractivity contribution >= 4 is 55.3 Å². The molecule has 1 unspecified atom stereocenters. The summed E-state index contributed by atoms with van der Waals surface area (Å²) in [4.78, 5) is 2.38. The number of benzene rings is 7. The molecule has 0 saturated carbocycles. The van der Waals surface area contributed by atoms with E-state index in [1.54, 1.807) is 0 Å². The van der Waals surface area contributed by atoms with E-state index in [1.807, 2.05) is 0 Å². The molecule has 1 aliphatic heterocycles. The van der Waals surface area contributed by atoms with Crippen LogP contribution in [-0.4, -0.2) is 6.54 Å². The van der Waals surface area contributed by atoms with Crippen LogP contribution in [0.5, 0.6) is 0 Å². The molecule has 0 fully saturated rings. The van der Waals surface area contributed by atoms with E-state index in [-0.39, 0.29) is 6.04 Å². The summed E-state index contributed by atoms with van der Waals surface area (Å²) < 4.78 is 6.58. The highest BCUT2D eigenvalue weighted by molar-refractivity contribution is 6.15. The second-order valence-electron chi connectivity index (χ2n) is 13.3. The van der Waals surface area contributed by atoms with Gasteiger partial charge in [0.2, 0.25) is 0 Å². The summed E-state index contributed by atoms with van der Waals surface area (Å²) in [6.45, 7) is 2.81. The highest BCUT2D eigenvalue weighted by atomic mass is 16.3. The summed E-state index contributed by atoms with van der Waals surface area (Å²) in [5.74, 6) is 0.